The lowest BCUT2D eigenvalue weighted by Gasteiger charge is -2.43. The highest BCUT2D eigenvalue weighted by molar-refractivity contribution is 5.86. The quantitative estimate of drug-likeness (QED) is 0.348. The first kappa shape index (κ1) is 13.5. The van der Waals surface area contributed by atoms with Crippen molar-refractivity contribution in [3.05, 3.63) is 12.2 Å². The van der Waals surface area contributed by atoms with Crippen LogP contribution in [0.3, 0.4) is 0 Å². The largest absolute Gasteiger partial charge is 0.462 e. The number of fused-ring (bicyclic) bond motifs is 14. The van der Waals surface area contributed by atoms with E-state index >= 15 is 0 Å². The van der Waals surface area contributed by atoms with Crippen LogP contribution in [0, 0.1) is 53.3 Å². The number of ether oxygens (including phenoxy) is 2. The van der Waals surface area contributed by atoms with Crippen LogP contribution in [0.1, 0.15) is 32.6 Å². The van der Waals surface area contributed by atoms with E-state index in [1.54, 1.807) is 6.92 Å². The fraction of sp³-hybridized carbons (Fsp3) is 0.850. The van der Waals surface area contributed by atoms with Crippen LogP contribution in [-0.2, 0) is 14.3 Å². The zero-order valence-electron chi connectivity index (χ0n) is 13.8. The highest BCUT2D eigenvalue weighted by Crippen LogP contribution is 2.75. The van der Waals surface area contributed by atoms with Gasteiger partial charge in [-0.25, -0.2) is 4.79 Å². The number of esters is 1. The molecule has 3 heteroatoms. The highest BCUT2D eigenvalue weighted by atomic mass is 16.6. The molecule has 5 saturated carbocycles. The van der Waals surface area contributed by atoms with Gasteiger partial charge in [0.25, 0.3) is 0 Å². The van der Waals surface area contributed by atoms with E-state index in [0.29, 0.717) is 30.3 Å². The number of hydrogen-bond donors (Lipinski definition) is 0. The number of carbonyl (C=O) groups excluding carboxylic acids is 1. The smallest absolute Gasteiger partial charge is 0.333 e. The number of rotatable bonds is 3. The number of hydrogen-bond acceptors (Lipinski definition) is 3. The minimum Gasteiger partial charge on any atom is -0.462 e. The first-order valence-corrected chi connectivity index (χ1v) is 9.61. The monoisotopic (exact) mass is 314 g/mol. The topological polar surface area (TPSA) is 38.8 Å². The van der Waals surface area contributed by atoms with Crippen LogP contribution in [0.25, 0.3) is 0 Å². The molecule has 0 aromatic rings. The van der Waals surface area contributed by atoms with Gasteiger partial charge in [0, 0.05) is 5.57 Å². The standard InChI is InChI=1S/C20H26O3/c1-8(2)20(21)22-7-10-3-9-4-11(10)17-14-5-12(16(9)17)13-6-15-19(23-15)18(13)14/h9-19H,1,3-7H2,2H3. The van der Waals surface area contributed by atoms with Crippen molar-refractivity contribution in [2.24, 2.45) is 53.3 Å². The Morgan fingerprint density at radius 2 is 1.87 bits per heavy atom. The Kier molecular flexibility index (Phi) is 2.47. The predicted molar refractivity (Wildman–Crippen MR) is 84.3 cm³/mol. The predicted octanol–water partition coefficient (Wildman–Crippen LogP) is 3.05. The van der Waals surface area contributed by atoms with Crippen LogP contribution in [0.4, 0.5) is 0 Å². The van der Waals surface area contributed by atoms with E-state index in [1.165, 1.54) is 25.7 Å². The molecule has 6 aliphatic rings. The van der Waals surface area contributed by atoms with E-state index in [4.69, 9.17) is 9.47 Å². The van der Waals surface area contributed by atoms with Gasteiger partial charge in [0.15, 0.2) is 0 Å². The normalized spacial score (nSPS) is 59.6. The van der Waals surface area contributed by atoms with E-state index < -0.39 is 0 Å². The average Bonchev–Trinajstić information content (AvgIpc) is 3.02. The molecule has 1 heterocycles. The number of carbonyl (C=O) groups is 1. The van der Waals surface area contributed by atoms with Gasteiger partial charge in [0.1, 0.15) is 0 Å². The van der Waals surface area contributed by atoms with E-state index in [1.807, 2.05) is 0 Å². The molecule has 5 aliphatic carbocycles. The van der Waals surface area contributed by atoms with Crippen LogP contribution < -0.4 is 0 Å². The molecule has 0 aromatic heterocycles. The summed E-state index contributed by atoms with van der Waals surface area (Å²) in [5.74, 6) is 7.93. The van der Waals surface area contributed by atoms with Crippen molar-refractivity contribution >= 4 is 5.97 Å². The van der Waals surface area contributed by atoms with Crippen LogP contribution in [-0.4, -0.2) is 24.8 Å². The molecule has 11 unspecified atom stereocenters. The third kappa shape index (κ3) is 1.58. The molecule has 0 spiro atoms. The van der Waals surface area contributed by atoms with Crippen LogP contribution in [0.2, 0.25) is 0 Å². The molecule has 4 bridgehead atoms. The zero-order chi connectivity index (χ0) is 15.5. The molecular weight excluding hydrogens is 288 g/mol. The molecule has 0 radical (unpaired) electrons. The van der Waals surface area contributed by atoms with E-state index in [-0.39, 0.29) is 5.97 Å². The molecule has 0 amide bonds. The second kappa shape index (κ2) is 4.22. The molecular formula is C20H26O3. The summed E-state index contributed by atoms with van der Waals surface area (Å²) in [7, 11) is 0. The molecule has 6 rings (SSSR count). The van der Waals surface area contributed by atoms with E-state index in [2.05, 4.69) is 6.58 Å². The minimum absolute atomic E-state index is 0.206. The Balaban J connectivity index is 1.21. The van der Waals surface area contributed by atoms with E-state index in [9.17, 15) is 4.79 Å². The van der Waals surface area contributed by atoms with Gasteiger partial charge in [-0.1, -0.05) is 6.58 Å². The highest BCUT2D eigenvalue weighted by Gasteiger charge is 2.73. The fourth-order valence-corrected chi connectivity index (χ4v) is 8.20. The van der Waals surface area contributed by atoms with Gasteiger partial charge in [-0.15, -0.1) is 0 Å². The summed E-state index contributed by atoms with van der Waals surface area (Å²) >= 11 is 0. The molecule has 23 heavy (non-hydrogen) atoms. The fourth-order valence-electron chi connectivity index (χ4n) is 8.20. The maximum Gasteiger partial charge on any atom is 0.333 e. The summed E-state index contributed by atoms with van der Waals surface area (Å²) in [6.45, 7) is 6.06. The summed E-state index contributed by atoms with van der Waals surface area (Å²) < 4.78 is 11.4. The van der Waals surface area contributed by atoms with Crippen molar-refractivity contribution in [3.63, 3.8) is 0 Å². The molecule has 124 valence electrons. The second-order valence-corrected chi connectivity index (χ2v) is 9.37. The summed E-state index contributed by atoms with van der Waals surface area (Å²) in [5.41, 5.74) is 0.525. The maximum atomic E-state index is 11.7. The van der Waals surface area contributed by atoms with Crippen molar-refractivity contribution in [3.8, 4) is 0 Å². The van der Waals surface area contributed by atoms with Crippen molar-refractivity contribution in [2.45, 2.75) is 44.8 Å². The van der Waals surface area contributed by atoms with Gasteiger partial charge in [-0.2, -0.15) is 0 Å². The Hall–Kier alpha value is -0.830. The van der Waals surface area contributed by atoms with Gasteiger partial charge in [-0.05, 0) is 85.9 Å². The first-order chi connectivity index (χ1) is 11.1. The summed E-state index contributed by atoms with van der Waals surface area (Å²) in [5, 5.41) is 0. The van der Waals surface area contributed by atoms with Gasteiger partial charge < -0.3 is 9.47 Å². The van der Waals surface area contributed by atoms with Crippen LogP contribution in [0.5, 0.6) is 0 Å². The summed E-state index contributed by atoms with van der Waals surface area (Å²) in [6.07, 6.45) is 6.85. The lowest BCUT2D eigenvalue weighted by molar-refractivity contribution is -0.141. The van der Waals surface area contributed by atoms with Gasteiger partial charge in [0.2, 0.25) is 0 Å². The Morgan fingerprint density at radius 3 is 2.70 bits per heavy atom. The first-order valence-electron chi connectivity index (χ1n) is 9.61. The Morgan fingerprint density at radius 1 is 1.04 bits per heavy atom. The SMILES string of the molecule is C=C(C)C(=O)OCC1CC2CC1C1C3CC(C4CC5OC5C43)C21. The Bertz CT molecular complexity index is 598. The molecule has 3 nitrogen and oxygen atoms in total. The molecule has 1 aliphatic heterocycles. The lowest BCUT2D eigenvalue weighted by atomic mass is 9.62. The van der Waals surface area contributed by atoms with Crippen molar-refractivity contribution in [2.75, 3.05) is 6.61 Å². The van der Waals surface area contributed by atoms with Gasteiger partial charge in [0.05, 0.1) is 18.8 Å². The molecule has 11 atom stereocenters. The lowest BCUT2D eigenvalue weighted by Crippen LogP contribution is -2.41. The van der Waals surface area contributed by atoms with Crippen LogP contribution >= 0.6 is 0 Å². The third-order valence-electron chi connectivity index (χ3n) is 8.62. The van der Waals surface area contributed by atoms with Gasteiger partial charge >= 0.3 is 5.97 Å². The van der Waals surface area contributed by atoms with Crippen molar-refractivity contribution in [1.82, 2.24) is 0 Å². The number of epoxide rings is 1. The van der Waals surface area contributed by atoms with Crippen molar-refractivity contribution in [1.29, 1.82) is 0 Å². The second-order valence-electron chi connectivity index (χ2n) is 9.37. The zero-order valence-corrected chi connectivity index (χ0v) is 13.8. The van der Waals surface area contributed by atoms with E-state index in [0.717, 1.165) is 47.3 Å². The summed E-state index contributed by atoms with van der Waals surface area (Å²) in [4.78, 5) is 11.7. The third-order valence-corrected chi connectivity index (χ3v) is 8.62. The maximum absolute atomic E-state index is 11.7. The van der Waals surface area contributed by atoms with Gasteiger partial charge in [-0.3, -0.25) is 0 Å². The molecule has 1 saturated heterocycles. The van der Waals surface area contributed by atoms with Crippen LogP contribution in [0.15, 0.2) is 12.2 Å². The summed E-state index contributed by atoms with van der Waals surface area (Å²) in [6, 6.07) is 0. The average molecular weight is 314 g/mol. The molecule has 0 aromatic carbocycles. The molecule has 6 fully saturated rings. The minimum atomic E-state index is -0.206. The van der Waals surface area contributed by atoms with Crippen molar-refractivity contribution < 1.29 is 14.3 Å². The molecule has 0 N–H and O–H groups in total. The Labute approximate surface area is 137 Å².